The summed E-state index contributed by atoms with van der Waals surface area (Å²) in [5.41, 5.74) is 0.677. The van der Waals surface area contributed by atoms with Crippen LogP contribution in [-0.4, -0.2) is 48.6 Å². The second kappa shape index (κ2) is 5.97. The van der Waals surface area contributed by atoms with E-state index in [-0.39, 0.29) is 4.90 Å². The highest BCUT2D eigenvalue weighted by molar-refractivity contribution is 7.89. The molecular weight excluding hydrogens is 300 g/mol. The van der Waals surface area contributed by atoms with Gasteiger partial charge in [-0.25, -0.2) is 8.42 Å². The smallest absolute Gasteiger partial charge is 0.246 e. The molecule has 1 aromatic rings. The Hall–Kier alpha value is -0.700. The molecule has 0 atom stereocenters. The van der Waals surface area contributed by atoms with E-state index in [1.165, 1.54) is 4.31 Å². The van der Waals surface area contributed by atoms with Crippen molar-refractivity contribution in [3.05, 3.63) is 17.1 Å². The largest absolute Gasteiger partial charge is 0.465 e. The highest BCUT2D eigenvalue weighted by Crippen LogP contribution is 2.29. The van der Waals surface area contributed by atoms with Gasteiger partial charge in [0.15, 0.2) is 0 Å². The van der Waals surface area contributed by atoms with Crippen LogP contribution < -0.4 is 5.32 Å². The number of furan rings is 1. The lowest BCUT2D eigenvalue weighted by Gasteiger charge is -2.25. The molecule has 20 heavy (non-hydrogen) atoms. The predicted octanol–water partition coefficient (Wildman–Crippen LogP) is 0.369. The van der Waals surface area contributed by atoms with Crippen LogP contribution in [0, 0.1) is 13.8 Å². The molecule has 2 rings (SSSR count). The number of nitrogens with one attached hydrogen (secondary N) is 1. The minimum atomic E-state index is -3.58. The van der Waals surface area contributed by atoms with E-state index in [0.717, 1.165) is 0 Å². The van der Waals surface area contributed by atoms with Crippen LogP contribution in [0.1, 0.15) is 17.1 Å². The summed E-state index contributed by atoms with van der Waals surface area (Å²) in [6.45, 7) is 4.48. The quantitative estimate of drug-likeness (QED) is 0.867. The maximum atomic E-state index is 12.8. The third kappa shape index (κ3) is 2.83. The third-order valence-electron chi connectivity index (χ3n) is 3.41. The van der Waals surface area contributed by atoms with Crippen molar-refractivity contribution >= 4 is 20.8 Å². The molecule has 1 saturated heterocycles. The molecule has 0 aromatic carbocycles. The summed E-state index contributed by atoms with van der Waals surface area (Å²) in [4.78, 5) is 0.261. The van der Waals surface area contributed by atoms with Crippen LogP contribution in [0.25, 0.3) is 0 Å². The molecule has 114 valence electrons. The van der Waals surface area contributed by atoms with Crippen molar-refractivity contribution in [2.75, 3.05) is 31.6 Å². The molecule has 0 unspecified atom stereocenters. The Morgan fingerprint density at radius 1 is 1.25 bits per heavy atom. The number of rotatable bonds is 4. The topological polar surface area (TPSA) is 79.6 Å². The van der Waals surface area contributed by atoms with E-state index in [9.17, 15) is 12.6 Å². The Balaban J connectivity index is 2.41. The number of aryl methyl sites for hydroxylation is 2. The Kier molecular flexibility index (Phi) is 4.68. The zero-order valence-electron chi connectivity index (χ0n) is 11.9. The summed E-state index contributed by atoms with van der Waals surface area (Å²) in [5, 5.41) is 2.97. The van der Waals surface area contributed by atoms with Gasteiger partial charge in [0.05, 0.1) is 0 Å². The Morgan fingerprint density at radius 3 is 2.40 bits per heavy atom. The molecule has 1 N–H and O–H groups in total. The minimum Gasteiger partial charge on any atom is -0.465 e. The normalized spacial score (nSPS) is 18.6. The van der Waals surface area contributed by atoms with Gasteiger partial charge in [-0.3, -0.25) is 4.21 Å². The summed E-state index contributed by atoms with van der Waals surface area (Å²) < 4.78 is 43.8. The van der Waals surface area contributed by atoms with Crippen LogP contribution in [0.15, 0.2) is 9.31 Å². The molecule has 1 aliphatic rings. The van der Waals surface area contributed by atoms with Gasteiger partial charge >= 0.3 is 0 Å². The Morgan fingerprint density at radius 2 is 1.85 bits per heavy atom. The molecule has 1 fully saturated rings. The molecule has 0 spiro atoms. The van der Waals surface area contributed by atoms with E-state index in [2.05, 4.69) is 5.32 Å². The van der Waals surface area contributed by atoms with Crippen molar-refractivity contribution in [2.24, 2.45) is 0 Å². The maximum absolute atomic E-state index is 12.8. The highest BCUT2D eigenvalue weighted by atomic mass is 32.2. The van der Waals surface area contributed by atoms with Crippen LogP contribution in [-0.2, 0) is 27.4 Å². The summed E-state index contributed by atoms with van der Waals surface area (Å²) in [5.74, 6) is 1.84. The fraction of sp³-hybridized carbons (Fsp3) is 0.667. The van der Waals surface area contributed by atoms with Crippen LogP contribution in [0.5, 0.6) is 0 Å². The van der Waals surface area contributed by atoms with Gasteiger partial charge in [-0.2, -0.15) is 4.31 Å². The minimum absolute atomic E-state index is 0.261. The highest BCUT2D eigenvalue weighted by Gasteiger charge is 2.33. The van der Waals surface area contributed by atoms with E-state index in [0.29, 0.717) is 48.2 Å². The average molecular weight is 320 g/mol. The van der Waals surface area contributed by atoms with Crippen LogP contribution in [0.3, 0.4) is 0 Å². The first kappa shape index (κ1) is 15.7. The van der Waals surface area contributed by atoms with Crippen molar-refractivity contribution in [1.29, 1.82) is 0 Å². The molecule has 1 aromatic heterocycles. The number of sulfonamides is 1. The Bertz CT molecular complexity index is 612. The van der Waals surface area contributed by atoms with E-state index >= 15 is 0 Å². The van der Waals surface area contributed by atoms with Gasteiger partial charge in [0, 0.05) is 47.5 Å². The SMILES string of the molecule is CNCc1c(C)oc(C)c1S(=O)(=O)N1CCS(=O)CC1. The summed E-state index contributed by atoms with van der Waals surface area (Å²) in [6, 6.07) is 0. The molecule has 2 heterocycles. The average Bonchev–Trinajstić information content (AvgIpc) is 2.66. The number of hydrogen-bond acceptors (Lipinski definition) is 5. The fourth-order valence-electron chi connectivity index (χ4n) is 2.42. The zero-order valence-corrected chi connectivity index (χ0v) is 13.6. The first-order valence-electron chi connectivity index (χ1n) is 6.46. The lowest BCUT2D eigenvalue weighted by Crippen LogP contribution is -2.42. The maximum Gasteiger partial charge on any atom is 0.246 e. The Labute approximate surface area is 122 Å². The van der Waals surface area contributed by atoms with Crippen LogP contribution in [0.4, 0.5) is 0 Å². The second-order valence-corrected chi connectivity index (χ2v) is 8.38. The molecule has 0 aliphatic carbocycles. The van der Waals surface area contributed by atoms with Crippen LogP contribution in [0.2, 0.25) is 0 Å². The van der Waals surface area contributed by atoms with Gasteiger partial charge in [0.25, 0.3) is 0 Å². The first-order valence-corrected chi connectivity index (χ1v) is 9.39. The van der Waals surface area contributed by atoms with Gasteiger partial charge in [0.1, 0.15) is 16.4 Å². The standard InChI is InChI=1S/C12H20N2O4S2/c1-9-11(8-13-3)12(10(2)18-9)20(16,17)14-4-6-19(15)7-5-14/h13H,4-8H2,1-3H3. The van der Waals surface area contributed by atoms with Crippen molar-refractivity contribution in [3.8, 4) is 0 Å². The number of nitrogens with zero attached hydrogens (tertiary/aromatic N) is 1. The molecule has 0 saturated carbocycles. The molecule has 8 heteroatoms. The van der Waals surface area contributed by atoms with Gasteiger partial charge < -0.3 is 9.73 Å². The molecule has 0 amide bonds. The van der Waals surface area contributed by atoms with Crippen LogP contribution >= 0.6 is 0 Å². The zero-order chi connectivity index (χ0) is 14.9. The van der Waals surface area contributed by atoms with Crippen molar-refractivity contribution < 1.29 is 17.0 Å². The fourth-order valence-corrected chi connectivity index (χ4v) is 5.56. The monoisotopic (exact) mass is 320 g/mol. The predicted molar refractivity (Wildman–Crippen MR) is 77.6 cm³/mol. The molecule has 0 radical (unpaired) electrons. The summed E-state index contributed by atoms with van der Waals surface area (Å²) in [6.07, 6.45) is 0. The number of hydrogen-bond donors (Lipinski definition) is 1. The van der Waals surface area contributed by atoms with Gasteiger partial charge in [-0.15, -0.1) is 0 Å². The molecular formula is C12H20N2O4S2. The third-order valence-corrected chi connectivity index (χ3v) is 6.78. The van der Waals surface area contributed by atoms with Gasteiger partial charge in [-0.05, 0) is 20.9 Å². The second-order valence-electron chi connectivity index (χ2n) is 4.80. The van der Waals surface area contributed by atoms with Crippen molar-refractivity contribution in [2.45, 2.75) is 25.3 Å². The molecule has 1 aliphatic heterocycles. The van der Waals surface area contributed by atoms with Gasteiger partial charge in [-0.1, -0.05) is 0 Å². The lowest BCUT2D eigenvalue weighted by molar-refractivity contribution is 0.435. The van der Waals surface area contributed by atoms with E-state index in [4.69, 9.17) is 4.42 Å². The summed E-state index contributed by atoms with van der Waals surface area (Å²) in [7, 11) is -2.72. The van der Waals surface area contributed by atoms with Gasteiger partial charge in [0.2, 0.25) is 10.0 Å². The van der Waals surface area contributed by atoms with E-state index in [1.807, 2.05) is 0 Å². The first-order chi connectivity index (χ1) is 9.37. The lowest BCUT2D eigenvalue weighted by atomic mass is 10.2. The van der Waals surface area contributed by atoms with Crippen molar-refractivity contribution in [1.82, 2.24) is 9.62 Å². The summed E-state index contributed by atoms with van der Waals surface area (Å²) >= 11 is 0. The molecule has 0 bridgehead atoms. The van der Waals surface area contributed by atoms with Crippen molar-refractivity contribution in [3.63, 3.8) is 0 Å². The molecule has 6 nitrogen and oxygen atoms in total. The van der Waals surface area contributed by atoms with E-state index in [1.54, 1.807) is 20.9 Å². The van der Waals surface area contributed by atoms with E-state index < -0.39 is 20.8 Å².